The first-order valence-corrected chi connectivity index (χ1v) is 8.78. The van der Waals surface area contributed by atoms with Crippen molar-refractivity contribution >= 4 is 11.4 Å². The van der Waals surface area contributed by atoms with E-state index in [4.69, 9.17) is 10.8 Å². The number of hydrogen-bond donors (Lipinski definition) is 2. The van der Waals surface area contributed by atoms with E-state index in [1.807, 2.05) is 30.5 Å². The number of primary amides is 1. The van der Waals surface area contributed by atoms with Crippen LogP contribution in [0.5, 0.6) is 0 Å². The number of fused-ring (bicyclic) bond motifs is 1. The van der Waals surface area contributed by atoms with E-state index in [0.717, 1.165) is 33.5 Å². The fourth-order valence-corrected chi connectivity index (χ4v) is 3.14. The van der Waals surface area contributed by atoms with Gasteiger partial charge in [-0.3, -0.25) is 9.78 Å². The minimum Gasteiger partial charge on any atom is -0.369 e. The number of halogens is 1. The van der Waals surface area contributed by atoms with Gasteiger partial charge in [0.15, 0.2) is 0 Å². The van der Waals surface area contributed by atoms with Crippen LogP contribution in [0.25, 0.3) is 27.9 Å². The van der Waals surface area contributed by atoms with Crippen molar-refractivity contribution in [2.45, 2.75) is 6.54 Å². The summed E-state index contributed by atoms with van der Waals surface area (Å²) in [6.07, 6.45) is 5.37. The second-order valence-corrected chi connectivity index (χ2v) is 6.40. The molecule has 0 aliphatic rings. The molecule has 6 nitrogen and oxygen atoms in total. The van der Waals surface area contributed by atoms with Crippen LogP contribution in [-0.2, 0) is 11.3 Å². The van der Waals surface area contributed by atoms with E-state index < -0.39 is 5.91 Å². The minimum atomic E-state index is -0.404. The number of aromatic nitrogens is 3. The third kappa shape index (κ3) is 3.60. The van der Waals surface area contributed by atoms with E-state index in [2.05, 4.69) is 10.3 Å². The lowest BCUT2D eigenvalue weighted by Crippen LogP contribution is -2.28. The van der Waals surface area contributed by atoms with Crippen molar-refractivity contribution in [2.24, 2.45) is 5.73 Å². The van der Waals surface area contributed by atoms with E-state index >= 15 is 0 Å². The molecule has 0 saturated heterocycles. The number of rotatable bonds is 6. The van der Waals surface area contributed by atoms with Gasteiger partial charge < -0.3 is 11.1 Å². The van der Waals surface area contributed by atoms with Crippen molar-refractivity contribution in [3.8, 4) is 22.4 Å². The van der Waals surface area contributed by atoms with Gasteiger partial charge in [-0.25, -0.2) is 8.91 Å². The molecule has 3 aromatic heterocycles. The molecule has 3 heterocycles. The van der Waals surface area contributed by atoms with Gasteiger partial charge in [-0.05, 0) is 53.6 Å². The Labute approximate surface area is 160 Å². The molecule has 7 heteroatoms. The predicted molar refractivity (Wildman–Crippen MR) is 105 cm³/mol. The van der Waals surface area contributed by atoms with Crippen LogP contribution in [0.1, 0.15) is 5.56 Å². The highest BCUT2D eigenvalue weighted by Crippen LogP contribution is 2.35. The van der Waals surface area contributed by atoms with E-state index in [-0.39, 0.29) is 12.4 Å². The van der Waals surface area contributed by atoms with Gasteiger partial charge in [0.2, 0.25) is 5.91 Å². The SMILES string of the molecule is NC(=O)CNCc1ccc2c(-c3ccncc3)c(-c3ccc(F)cc3)nn2c1. The molecule has 0 aliphatic carbocycles. The van der Waals surface area contributed by atoms with E-state index in [1.165, 1.54) is 12.1 Å². The van der Waals surface area contributed by atoms with Crippen molar-refractivity contribution in [1.29, 1.82) is 0 Å². The highest BCUT2D eigenvalue weighted by molar-refractivity contribution is 5.92. The standard InChI is InChI=1S/C21H18FN5O/c22-17-4-2-16(3-5-17)21-20(15-7-9-24-10-8-15)18-6-1-14(13-27(18)26-21)11-25-12-19(23)28/h1-10,13,25H,11-12H2,(H2,23,28). The summed E-state index contributed by atoms with van der Waals surface area (Å²) < 4.78 is 15.2. The molecular weight excluding hydrogens is 357 g/mol. The number of carbonyl (C=O) groups excluding carboxylic acids is 1. The number of benzene rings is 1. The smallest absolute Gasteiger partial charge is 0.231 e. The maximum absolute atomic E-state index is 13.4. The topological polar surface area (TPSA) is 85.3 Å². The molecule has 4 aromatic rings. The molecule has 28 heavy (non-hydrogen) atoms. The summed E-state index contributed by atoms with van der Waals surface area (Å²) in [6.45, 7) is 0.607. The zero-order valence-corrected chi connectivity index (χ0v) is 15.0. The lowest BCUT2D eigenvalue weighted by molar-refractivity contribution is -0.117. The highest BCUT2D eigenvalue weighted by Gasteiger charge is 2.16. The van der Waals surface area contributed by atoms with Crippen LogP contribution in [0.15, 0.2) is 67.1 Å². The van der Waals surface area contributed by atoms with Crippen LogP contribution in [0.2, 0.25) is 0 Å². The number of nitrogens with zero attached hydrogens (tertiary/aromatic N) is 3. The molecule has 0 unspecified atom stereocenters. The third-order valence-electron chi connectivity index (χ3n) is 4.41. The van der Waals surface area contributed by atoms with Gasteiger partial charge in [-0.2, -0.15) is 5.10 Å². The number of amides is 1. The summed E-state index contributed by atoms with van der Waals surface area (Å²) in [6, 6.07) is 14.1. The highest BCUT2D eigenvalue weighted by atomic mass is 19.1. The molecular formula is C21H18FN5O. The fourth-order valence-electron chi connectivity index (χ4n) is 3.14. The summed E-state index contributed by atoms with van der Waals surface area (Å²) >= 11 is 0. The summed E-state index contributed by atoms with van der Waals surface area (Å²) in [5, 5.41) is 7.74. The molecule has 1 amide bonds. The van der Waals surface area contributed by atoms with Gasteiger partial charge in [0.1, 0.15) is 11.5 Å². The number of nitrogens with one attached hydrogen (secondary N) is 1. The largest absolute Gasteiger partial charge is 0.369 e. The molecule has 0 bridgehead atoms. The molecule has 0 atom stereocenters. The quantitative estimate of drug-likeness (QED) is 0.543. The molecule has 0 saturated carbocycles. The number of carbonyl (C=O) groups is 1. The Balaban J connectivity index is 1.82. The van der Waals surface area contributed by atoms with E-state index in [9.17, 15) is 9.18 Å². The van der Waals surface area contributed by atoms with Crippen molar-refractivity contribution in [3.63, 3.8) is 0 Å². The van der Waals surface area contributed by atoms with E-state index in [1.54, 1.807) is 29.0 Å². The van der Waals surface area contributed by atoms with Crippen molar-refractivity contribution in [1.82, 2.24) is 19.9 Å². The van der Waals surface area contributed by atoms with Crippen LogP contribution < -0.4 is 11.1 Å². The molecule has 0 aliphatic heterocycles. The lowest BCUT2D eigenvalue weighted by atomic mass is 10.0. The number of hydrogen-bond acceptors (Lipinski definition) is 4. The van der Waals surface area contributed by atoms with E-state index in [0.29, 0.717) is 6.54 Å². The molecule has 1 aromatic carbocycles. The van der Waals surface area contributed by atoms with Gasteiger partial charge in [0, 0.05) is 36.3 Å². The molecule has 140 valence electrons. The summed E-state index contributed by atoms with van der Waals surface area (Å²) in [5.41, 5.74) is 10.5. The average molecular weight is 375 g/mol. The second-order valence-electron chi connectivity index (χ2n) is 6.40. The predicted octanol–water partition coefficient (Wildman–Crippen LogP) is 2.78. The minimum absolute atomic E-state index is 0.111. The maximum Gasteiger partial charge on any atom is 0.231 e. The molecule has 0 spiro atoms. The Hall–Kier alpha value is -3.58. The van der Waals surface area contributed by atoms with Crippen molar-refractivity contribution in [3.05, 3.63) is 78.5 Å². The zero-order chi connectivity index (χ0) is 19.5. The van der Waals surface area contributed by atoms with Gasteiger partial charge in [0.05, 0.1) is 12.1 Å². The Bertz CT molecular complexity index is 1120. The maximum atomic E-state index is 13.4. The van der Waals surface area contributed by atoms with Crippen molar-refractivity contribution < 1.29 is 9.18 Å². The lowest BCUT2D eigenvalue weighted by Gasteiger charge is -2.05. The first-order chi connectivity index (χ1) is 13.6. The second kappa shape index (κ2) is 7.58. The molecule has 3 N–H and O–H groups in total. The average Bonchev–Trinajstić information content (AvgIpc) is 3.07. The molecule has 0 radical (unpaired) electrons. The summed E-state index contributed by atoms with van der Waals surface area (Å²) in [5.74, 6) is -0.695. The zero-order valence-electron chi connectivity index (χ0n) is 15.0. The first kappa shape index (κ1) is 17.8. The fraction of sp³-hybridized carbons (Fsp3) is 0.0952. The molecule has 4 rings (SSSR count). The third-order valence-corrected chi connectivity index (χ3v) is 4.41. The van der Waals surface area contributed by atoms with Crippen LogP contribution in [0.3, 0.4) is 0 Å². The van der Waals surface area contributed by atoms with Gasteiger partial charge >= 0.3 is 0 Å². The Morgan fingerprint density at radius 3 is 2.50 bits per heavy atom. The summed E-state index contributed by atoms with van der Waals surface area (Å²) in [4.78, 5) is 15.0. The Morgan fingerprint density at radius 1 is 1.04 bits per heavy atom. The Kier molecular flexibility index (Phi) is 4.82. The van der Waals surface area contributed by atoms with Gasteiger partial charge in [-0.1, -0.05) is 6.07 Å². The van der Waals surface area contributed by atoms with Gasteiger partial charge in [0.25, 0.3) is 0 Å². The first-order valence-electron chi connectivity index (χ1n) is 8.78. The normalized spacial score (nSPS) is 11.0. The van der Waals surface area contributed by atoms with Crippen LogP contribution >= 0.6 is 0 Å². The number of nitrogens with two attached hydrogens (primary N) is 1. The van der Waals surface area contributed by atoms with Crippen LogP contribution in [0.4, 0.5) is 4.39 Å². The Morgan fingerprint density at radius 2 is 1.79 bits per heavy atom. The van der Waals surface area contributed by atoms with Crippen LogP contribution in [0, 0.1) is 5.82 Å². The molecule has 0 fully saturated rings. The van der Waals surface area contributed by atoms with Crippen molar-refractivity contribution in [2.75, 3.05) is 6.54 Å². The van der Waals surface area contributed by atoms with Crippen LogP contribution in [-0.4, -0.2) is 27.0 Å². The monoisotopic (exact) mass is 375 g/mol. The summed E-state index contributed by atoms with van der Waals surface area (Å²) in [7, 11) is 0. The van der Waals surface area contributed by atoms with Gasteiger partial charge in [-0.15, -0.1) is 0 Å². The number of pyridine rings is 2.